The van der Waals surface area contributed by atoms with Crippen molar-refractivity contribution < 1.29 is 14.6 Å². The van der Waals surface area contributed by atoms with Crippen molar-refractivity contribution in [2.24, 2.45) is 10.9 Å². The van der Waals surface area contributed by atoms with Gasteiger partial charge in [0.2, 0.25) is 0 Å². The molecule has 1 aliphatic rings. The molecule has 0 aromatic carbocycles. The van der Waals surface area contributed by atoms with Crippen molar-refractivity contribution in [1.29, 1.82) is 0 Å². The number of ether oxygens (including phenoxy) is 1. The number of unbranched alkanes of at least 4 members (excludes halogenated alkanes) is 8. The molecule has 0 bridgehead atoms. The molecular formula is C21H40N2O3. The van der Waals surface area contributed by atoms with E-state index in [0.717, 1.165) is 38.9 Å². The van der Waals surface area contributed by atoms with Crippen LogP contribution in [0.25, 0.3) is 0 Å². The Hall–Kier alpha value is -1.10. The monoisotopic (exact) mass is 368 g/mol. The van der Waals surface area contributed by atoms with Crippen LogP contribution in [-0.2, 0) is 9.53 Å². The highest BCUT2D eigenvalue weighted by Gasteiger charge is 2.15. The number of carbonyl (C=O) groups is 1. The molecule has 1 unspecified atom stereocenters. The molecule has 0 aromatic rings. The van der Waals surface area contributed by atoms with Gasteiger partial charge >= 0.3 is 5.97 Å². The van der Waals surface area contributed by atoms with Crippen molar-refractivity contribution >= 4 is 11.8 Å². The molecule has 1 heterocycles. The van der Waals surface area contributed by atoms with Crippen LogP contribution >= 0.6 is 0 Å². The predicted octanol–water partition coefficient (Wildman–Crippen LogP) is 4.18. The van der Waals surface area contributed by atoms with Crippen LogP contribution in [0.15, 0.2) is 4.99 Å². The normalized spacial score (nSPS) is 15.2. The molecular weight excluding hydrogens is 328 g/mol. The zero-order valence-corrected chi connectivity index (χ0v) is 17.0. The lowest BCUT2D eigenvalue weighted by atomic mass is 10.0. The summed E-state index contributed by atoms with van der Waals surface area (Å²) in [5.74, 6) is 1.21. The zero-order valence-electron chi connectivity index (χ0n) is 17.0. The second kappa shape index (κ2) is 15.0. The smallest absolute Gasteiger partial charge is 0.308 e. The lowest BCUT2D eigenvalue weighted by molar-refractivity contribution is -0.147. The van der Waals surface area contributed by atoms with Gasteiger partial charge in [0.25, 0.3) is 0 Å². The van der Waals surface area contributed by atoms with Crippen molar-refractivity contribution in [1.82, 2.24) is 4.90 Å². The summed E-state index contributed by atoms with van der Waals surface area (Å²) in [6, 6.07) is 0. The Kier molecular flexibility index (Phi) is 13.2. The highest BCUT2D eigenvalue weighted by Crippen LogP contribution is 2.15. The molecule has 0 saturated heterocycles. The van der Waals surface area contributed by atoms with E-state index in [9.17, 15) is 4.79 Å². The third-order valence-electron chi connectivity index (χ3n) is 5.13. The maximum absolute atomic E-state index is 11.5. The highest BCUT2D eigenvalue weighted by atomic mass is 16.5. The molecule has 0 fully saturated rings. The molecule has 5 nitrogen and oxygen atoms in total. The standard InChI is InChI=1S/C21H40N2O3/c1-3-26-21(25)19(2)13-11-9-7-5-4-6-8-10-12-14-20-22-15-16-23(20)17-18-24/h19,24H,3-18H2,1-2H3. The van der Waals surface area contributed by atoms with E-state index in [0.29, 0.717) is 6.61 Å². The van der Waals surface area contributed by atoms with E-state index in [2.05, 4.69) is 9.89 Å². The van der Waals surface area contributed by atoms with Gasteiger partial charge in [0.15, 0.2) is 0 Å². The van der Waals surface area contributed by atoms with Crippen molar-refractivity contribution in [3.63, 3.8) is 0 Å². The Bertz CT molecular complexity index is 399. The third-order valence-corrected chi connectivity index (χ3v) is 5.13. The molecule has 0 spiro atoms. The maximum atomic E-state index is 11.5. The molecule has 1 rings (SSSR count). The Morgan fingerprint density at radius 1 is 1.12 bits per heavy atom. The first-order valence-corrected chi connectivity index (χ1v) is 10.7. The van der Waals surface area contributed by atoms with Crippen LogP contribution in [0, 0.1) is 5.92 Å². The van der Waals surface area contributed by atoms with E-state index < -0.39 is 0 Å². The number of aliphatic imine (C=N–C) groups is 1. The number of rotatable bonds is 16. The Morgan fingerprint density at radius 3 is 2.35 bits per heavy atom. The van der Waals surface area contributed by atoms with E-state index in [-0.39, 0.29) is 18.5 Å². The molecule has 152 valence electrons. The fourth-order valence-electron chi connectivity index (χ4n) is 3.50. The number of carbonyl (C=O) groups excluding carboxylic acids is 1. The first-order chi connectivity index (χ1) is 12.7. The van der Waals surface area contributed by atoms with Gasteiger partial charge in [0.1, 0.15) is 0 Å². The van der Waals surface area contributed by atoms with Gasteiger partial charge in [0, 0.05) is 19.5 Å². The average molecular weight is 369 g/mol. The number of nitrogens with zero attached hydrogens (tertiary/aromatic N) is 2. The zero-order chi connectivity index (χ0) is 19.0. The van der Waals surface area contributed by atoms with Gasteiger partial charge in [-0.25, -0.2) is 0 Å². The number of aliphatic hydroxyl groups excluding tert-OH is 1. The van der Waals surface area contributed by atoms with Crippen molar-refractivity contribution in [2.45, 2.75) is 84.5 Å². The van der Waals surface area contributed by atoms with Gasteiger partial charge < -0.3 is 14.7 Å². The summed E-state index contributed by atoms with van der Waals surface area (Å²) in [4.78, 5) is 18.3. The molecule has 1 N–H and O–H groups in total. The van der Waals surface area contributed by atoms with Crippen molar-refractivity contribution in [3.8, 4) is 0 Å². The summed E-state index contributed by atoms with van der Waals surface area (Å²) in [5.41, 5.74) is 0. The quantitative estimate of drug-likeness (QED) is 0.328. The third kappa shape index (κ3) is 10.1. The van der Waals surface area contributed by atoms with E-state index in [1.807, 2.05) is 13.8 Å². The van der Waals surface area contributed by atoms with Crippen LogP contribution in [0.2, 0.25) is 0 Å². The molecule has 0 amide bonds. The topological polar surface area (TPSA) is 62.1 Å². The number of hydrogen-bond acceptors (Lipinski definition) is 5. The van der Waals surface area contributed by atoms with Gasteiger partial charge in [-0.2, -0.15) is 0 Å². The van der Waals surface area contributed by atoms with E-state index in [1.165, 1.54) is 57.2 Å². The van der Waals surface area contributed by atoms with Crippen LogP contribution in [0.5, 0.6) is 0 Å². The number of esters is 1. The van der Waals surface area contributed by atoms with Crippen molar-refractivity contribution in [3.05, 3.63) is 0 Å². The van der Waals surface area contributed by atoms with Crippen LogP contribution in [-0.4, -0.2) is 54.7 Å². The number of β-amino-alcohol motifs (C(OH)–C–C–N with tert-alkyl or cyclic N) is 1. The lowest BCUT2D eigenvalue weighted by Crippen LogP contribution is -2.30. The molecule has 26 heavy (non-hydrogen) atoms. The van der Waals surface area contributed by atoms with Gasteiger partial charge in [-0.3, -0.25) is 9.79 Å². The predicted molar refractivity (Wildman–Crippen MR) is 108 cm³/mol. The van der Waals surface area contributed by atoms with Crippen molar-refractivity contribution in [2.75, 3.05) is 32.8 Å². The second-order valence-corrected chi connectivity index (χ2v) is 7.38. The Labute approximate surface area is 160 Å². The fourth-order valence-corrected chi connectivity index (χ4v) is 3.50. The first-order valence-electron chi connectivity index (χ1n) is 10.7. The molecule has 0 saturated carbocycles. The summed E-state index contributed by atoms with van der Waals surface area (Å²) in [7, 11) is 0. The maximum Gasteiger partial charge on any atom is 0.308 e. The van der Waals surface area contributed by atoms with Crippen LogP contribution in [0.3, 0.4) is 0 Å². The molecule has 1 aliphatic heterocycles. The number of aliphatic hydroxyl groups is 1. The summed E-state index contributed by atoms with van der Waals surface area (Å²) in [6.45, 7) is 7.15. The minimum atomic E-state index is -0.0458. The average Bonchev–Trinajstić information content (AvgIpc) is 3.07. The largest absolute Gasteiger partial charge is 0.466 e. The highest BCUT2D eigenvalue weighted by molar-refractivity contribution is 5.83. The van der Waals surface area contributed by atoms with Gasteiger partial charge in [-0.1, -0.05) is 58.3 Å². The fraction of sp³-hybridized carbons (Fsp3) is 0.905. The molecule has 5 heteroatoms. The van der Waals surface area contributed by atoms with Crippen LogP contribution in [0.1, 0.15) is 84.5 Å². The summed E-state index contributed by atoms with van der Waals surface area (Å²) in [6.07, 6.45) is 13.4. The van der Waals surface area contributed by atoms with Crippen LogP contribution in [0.4, 0.5) is 0 Å². The SMILES string of the molecule is CCOC(=O)C(C)CCCCCCCCCCCC1=NCCN1CCO. The summed E-state index contributed by atoms with van der Waals surface area (Å²) >= 11 is 0. The number of amidine groups is 1. The lowest BCUT2D eigenvalue weighted by Gasteiger charge is -2.18. The minimum absolute atomic E-state index is 0.0458. The minimum Gasteiger partial charge on any atom is -0.466 e. The van der Waals surface area contributed by atoms with E-state index >= 15 is 0 Å². The van der Waals surface area contributed by atoms with Gasteiger partial charge in [0.05, 0.1) is 31.5 Å². The number of hydrogen-bond donors (Lipinski definition) is 1. The van der Waals surface area contributed by atoms with Gasteiger partial charge in [-0.05, 0) is 19.8 Å². The summed E-state index contributed by atoms with van der Waals surface area (Å²) < 4.78 is 5.04. The second-order valence-electron chi connectivity index (χ2n) is 7.38. The van der Waals surface area contributed by atoms with Gasteiger partial charge in [-0.15, -0.1) is 0 Å². The molecule has 0 radical (unpaired) electrons. The summed E-state index contributed by atoms with van der Waals surface area (Å²) in [5, 5.41) is 9.05. The van der Waals surface area contributed by atoms with Crippen LogP contribution < -0.4 is 0 Å². The Morgan fingerprint density at radius 2 is 1.73 bits per heavy atom. The van der Waals surface area contributed by atoms with E-state index in [4.69, 9.17) is 9.84 Å². The Balaban J connectivity index is 1.86. The molecule has 0 aliphatic carbocycles. The first kappa shape index (κ1) is 22.9. The van der Waals surface area contributed by atoms with E-state index in [1.54, 1.807) is 0 Å². The molecule has 1 atom stereocenters. The molecule has 0 aromatic heterocycles.